The molecule has 2 heteroatoms. The molecule has 0 spiro atoms. The predicted octanol–water partition coefficient (Wildman–Crippen LogP) is 2.58. The smallest absolute Gasteiger partial charge is 0.0730 e. The molecule has 0 bridgehead atoms. The molecule has 0 aromatic rings. The van der Waals surface area contributed by atoms with Crippen molar-refractivity contribution >= 4 is 0 Å². The molecular weight excluding hydrogens is 186 g/mol. The maximum atomic E-state index is 6.08. The third-order valence-corrected chi connectivity index (χ3v) is 3.76. The van der Waals surface area contributed by atoms with Crippen molar-refractivity contribution in [2.24, 2.45) is 11.8 Å². The maximum absolute atomic E-state index is 6.08. The average molecular weight is 211 g/mol. The fraction of sp³-hybridized carbons (Fsp3) is 1.00. The van der Waals surface area contributed by atoms with Crippen LogP contribution in [0.1, 0.15) is 46.0 Å². The van der Waals surface area contributed by atoms with E-state index in [0.29, 0.717) is 12.1 Å². The molecule has 0 radical (unpaired) electrons. The van der Waals surface area contributed by atoms with Crippen molar-refractivity contribution < 1.29 is 4.74 Å². The van der Waals surface area contributed by atoms with E-state index in [0.717, 1.165) is 25.0 Å². The summed E-state index contributed by atoms with van der Waals surface area (Å²) in [6, 6.07) is 0.616. The minimum Gasteiger partial charge on any atom is -0.376 e. The monoisotopic (exact) mass is 211 g/mol. The highest BCUT2D eigenvalue weighted by Gasteiger charge is 2.30. The molecule has 2 rings (SSSR count). The summed E-state index contributed by atoms with van der Waals surface area (Å²) < 4.78 is 6.08. The fourth-order valence-electron chi connectivity index (χ4n) is 2.55. The molecule has 3 unspecified atom stereocenters. The Kier molecular flexibility index (Phi) is 4.04. The normalized spacial score (nSPS) is 36.8. The van der Waals surface area contributed by atoms with Gasteiger partial charge in [-0.3, -0.25) is 0 Å². The van der Waals surface area contributed by atoms with Crippen molar-refractivity contribution in [2.75, 3.05) is 13.2 Å². The average Bonchev–Trinajstić information content (AvgIpc) is 3.02. The van der Waals surface area contributed by atoms with Gasteiger partial charge in [0.1, 0.15) is 0 Å². The first-order valence-electron chi connectivity index (χ1n) is 6.64. The number of nitrogens with one attached hydrogen (secondary N) is 1. The SMILES string of the molecule is CCNC1CCC(C)CC1OCC1CC1. The lowest BCUT2D eigenvalue weighted by Gasteiger charge is -2.35. The Labute approximate surface area is 93.8 Å². The van der Waals surface area contributed by atoms with Gasteiger partial charge in [0.2, 0.25) is 0 Å². The van der Waals surface area contributed by atoms with Gasteiger partial charge in [0.25, 0.3) is 0 Å². The Morgan fingerprint density at radius 3 is 2.67 bits per heavy atom. The molecule has 0 heterocycles. The molecule has 15 heavy (non-hydrogen) atoms. The summed E-state index contributed by atoms with van der Waals surface area (Å²) >= 11 is 0. The molecule has 0 amide bonds. The van der Waals surface area contributed by atoms with E-state index in [1.807, 2.05) is 0 Å². The lowest BCUT2D eigenvalue weighted by Crippen LogP contribution is -2.45. The maximum Gasteiger partial charge on any atom is 0.0730 e. The number of rotatable bonds is 5. The molecule has 0 aromatic carbocycles. The molecule has 2 saturated carbocycles. The molecule has 88 valence electrons. The summed E-state index contributed by atoms with van der Waals surface area (Å²) in [5.41, 5.74) is 0. The standard InChI is InChI=1S/C13H25NO/c1-3-14-12-7-4-10(2)8-13(12)15-9-11-5-6-11/h10-14H,3-9H2,1-2H3. The third-order valence-electron chi connectivity index (χ3n) is 3.76. The van der Waals surface area contributed by atoms with Gasteiger partial charge in [-0.15, -0.1) is 0 Å². The van der Waals surface area contributed by atoms with Gasteiger partial charge in [0, 0.05) is 12.6 Å². The summed E-state index contributed by atoms with van der Waals surface area (Å²) in [5.74, 6) is 1.74. The Morgan fingerprint density at radius 2 is 2.00 bits per heavy atom. The van der Waals surface area contributed by atoms with Crippen LogP contribution < -0.4 is 5.32 Å². The van der Waals surface area contributed by atoms with Gasteiger partial charge >= 0.3 is 0 Å². The zero-order valence-corrected chi connectivity index (χ0v) is 10.2. The molecule has 3 atom stereocenters. The Balaban J connectivity index is 1.78. The quantitative estimate of drug-likeness (QED) is 0.754. The summed E-state index contributed by atoms with van der Waals surface area (Å²) in [4.78, 5) is 0. The number of hydrogen-bond donors (Lipinski definition) is 1. The molecule has 2 fully saturated rings. The van der Waals surface area contributed by atoms with Crippen LogP contribution in [-0.2, 0) is 4.74 Å². The van der Waals surface area contributed by atoms with Crippen LogP contribution in [0.5, 0.6) is 0 Å². The van der Waals surface area contributed by atoms with Gasteiger partial charge in [-0.05, 0) is 50.5 Å². The van der Waals surface area contributed by atoms with Crippen LogP contribution in [0.4, 0.5) is 0 Å². The number of ether oxygens (including phenoxy) is 1. The van der Waals surface area contributed by atoms with Gasteiger partial charge in [-0.1, -0.05) is 13.8 Å². The van der Waals surface area contributed by atoms with Crippen LogP contribution in [0.2, 0.25) is 0 Å². The molecular formula is C13H25NO. The Hall–Kier alpha value is -0.0800. The fourth-order valence-corrected chi connectivity index (χ4v) is 2.55. The van der Waals surface area contributed by atoms with E-state index in [4.69, 9.17) is 4.74 Å². The van der Waals surface area contributed by atoms with Crippen molar-refractivity contribution in [3.8, 4) is 0 Å². The molecule has 1 N–H and O–H groups in total. The summed E-state index contributed by atoms with van der Waals surface area (Å²) in [6.45, 7) is 6.63. The van der Waals surface area contributed by atoms with E-state index in [2.05, 4.69) is 19.2 Å². The van der Waals surface area contributed by atoms with E-state index >= 15 is 0 Å². The highest BCUT2D eigenvalue weighted by molar-refractivity contribution is 4.85. The van der Waals surface area contributed by atoms with E-state index in [-0.39, 0.29) is 0 Å². The summed E-state index contributed by atoms with van der Waals surface area (Å²) in [6.07, 6.45) is 7.19. The number of likely N-dealkylation sites (N-methyl/N-ethyl adjacent to an activating group) is 1. The van der Waals surface area contributed by atoms with E-state index in [1.165, 1.54) is 32.1 Å². The van der Waals surface area contributed by atoms with Crippen LogP contribution >= 0.6 is 0 Å². The van der Waals surface area contributed by atoms with Crippen molar-refractivity contribution in [3.05, 3.63) is 0 Å². The molecule has 2 aliphatic rings. The lowest BCUT2D eigenvalue weighted by atomic mass is 9.85. The topological polar surface area (TPSA) is 21.3 Å². The van der Waals surface area contributed by atoms with Gasteiger partial charge in [-0.25, -0.2) is 0 Å². The highest BCUT2D eigenvalue weighted by Crippen LogP contribution is 2.32. The minimum absolute atomic E-state index is 0.481. The van der Waals surface area contributed by atoms with Gasteiger partial charge in [-0.2, -0.15) is 0 Å². The van der Waals surface area contributed by atoms with Crippen LogP contribution in [0.3, 0.4) is 0 Å². The molecule has 0 aromatic heterocycles. The van der Waals surface area contributed by atoms with Crippen LogP contribution in [0.25, 0.3) is 0 Å². The lowest BCUT2D eigenvalue weighted by molar-refractivity contribution is -0.0120. The van der Waals surface area contributed by atoms with Crippen LogP contribution in [-0.4, -0.2) is 25.3 Å². The van der Waals surface area contributed by atoms with Crippen molar-refractivity contribution in [3.63, 3.8) is 0 Å². The zero-order chi connectivity index (χ0) is 10.7. The largest absolute Gasteiger partial charge is 0.376 e. The Morgan fingerprint density at radius 1 is 1.20 bits per heavy atom. The molecule has 2 nitrogen and oxygen atoms in total. The van der Waals surface area contributed by atoms with Crippen LogP contribution in [0.15, 0.2) is 0 Å². The number of hydrogen-bond acceptors (Lipinski definition) is 2. The summed E-state index contributed by atoms with van der Waals surface area (Å²) in [5, 5.41) is 3.57. The van der Waals surface area contributed by atoms with Crippen molar-refractivity contribution in [2.45, 2.75) is 58.1 Å². The first kappa shape index (κ1) is 11.4. The second-order valence-corrected chi connectivity index (χ2v) is 5.40. The van der Waals surface area contributed by atoms with Gasteiger partial charge < -0.3 is 10.1 Å². The zero-order valence-electron chi connectivity index (χ0n) is 10.2. The van der Waals surface area contributed by atoms with Crippen molar-refractivity contribution in [1.82, 2.24) is 5.32 Å². The van der Waals surface area contributed by atoms with E-state index < -0.39 is 0 Å². The molecule has 2 aliphatic carbocycles. The van der Waals surface area contributed by atoms with E-state index in [1.54, 1.807) is 0 Å². The second kappa shape index (κ2) is 5.31. The predicted molar refractivity (Wildman–Crippen MR) is 62.9 cm³/mol. The Bertz CT molecular complexity index is 191. The minimum atomic E-state index is 0.481. The summed E-state index contributed by atoms with van der Waals surface area (Å²) in [7, 11) is 0. The van der Waals surface area contributed by atoms with Crippen molar-refractivity contribution in [1.29, 1.82) is 0 Å². The third kappa shape index (κ3) is 3.46. The first-order chi connectivity index (χ1) is 7.29. The van der Waals surface area contributed by atoms with Crippen LogP contribution in [0, 0.1) is 11.8 Å². The second-order valence-electron chi connectivity index (χ2n) is 5.40. The first-order valence-corrected chi connectivity index (χ1v) is 6.64. The van der Waals surface area contributed by atoms with E-state index in [9.17, 15) is 0 Å². The molecule has 0 aliphatic heterocycles. The highest BCUT2D eigenvalue weighted by atomic mass is 16.5. The molecule has 0 saturated heterocycles. The van der Waals surface area contributed by atoms with Gasteiger partial charge in [0.15, 0.2) is 0 Å². The van der Waals surface area contributed by atoms with Gasteiger partial charge in [0.05, 0.1) is 6.10 Å².